The molecule has 3 unspecified atom stereocenters. The number of hydrogen-bond acceptors (Lipinski definition) is 3. The Labute approximate surface area is 236 Å². The molecule has 3 aliphatic rings. The molecule has 1 saturated heterocycles. The van der Waals surface area contributed by atoms with Crippen molar-refractivity contribution in [3.8, 4) is 0 Å². The molecule has 0 spiro atoms. The van der Waals surface area contributed by atoms with Crippen molar-refractivity contribution in [2.24, 2.45) is 11.8 Å². The quantitative estimate of drug-likeness (QED) is 0.404. The van der Waals surface area contributed by atoms with E-state index in [4.69, 9.17) is 0 Å². The number of hydrogen-bond donors (Lipinski definition) is 1. The van der Waals surface area contributed by atoms with Gasteiger partial charge in [-0.2, -0.15) is 13.2 Å². The summed E-state index contributed by atoms with van der Waals surface area (Å²) in [4.78, 5) is 29.1. The van der Waals surface area contributed by atoms with E-state index in [2.05, 4.69) is 0 Å². The first-order valence-electron chi connectivity index (χ1n) is 14.2. The number of nitrogens with zero attached hydrogens (tertiary/aromatic N) is 2. The number of carbonyl (C=O) groups excluding carboxylic acids is 1. The normalized spacial score (nSPS) is 27.6. The van der Waals surface area contributed by atoms with Crippen molar-refractivity contribution >= 4 is 17.6 Å². The minimum Gasteiger partial charge on any atom is -0.481 e. The topological polar surface area (TPSA) is 60.9 Å². The number of halogens is 5. The van der Waals surface area contributed by atoms with Crippen LogP contribution in [0.4, 0.5) is 27.6 Å². The van der Waals surface area contributed by atoms with Gasteiger partial charge in [0, 0.05) is 42.2 Å². The molecule has 10 heteroatoms. The number of carboxylic acids is 1. The van der Waals surface area contributed by atoms with Gasteiger partial charge in [0.1, 0.15) is 5.82 Å². The number of carbonyl (C=O) groups is 2. The van der Waals surface area contributed by atoms with E-state index in [0.29, 0.717) is 76.3 Å². The lowest BCUT2D eigenvalue weighted by atomic mass is 9.66. The van der Waals surface area contributed by atoms with Gasteiger partial charge in [0.05, 0.1) is 12.0 Å². The third-order valence-electron chi connectivity index (χ3n) is 9.65. The minimum atomic E-state index is -5.09. The molecule has 1 amide bonds. The minimum absolute atomic E-state index is 0.0375. The summed E-state index contributed by atoms with van der Waals surface area (Å²) in [7, 11) is 0. The Balaban J connectivity index is 1.56. The number of likely N-dealkylation sites (tertiary alicyclic amines) is 1. The van der Waals surface area contributed by atoms with E-state index < -0.39 is 40.5 Å². The van der Waals surface area contributed by atoms with Crippen LogP contribution in [0.2, 0.25) is 0 Å². The predicted octanol–water partition coefficient (Wildman–Crippen LogP) is 6.39. The van der Waals surface area contributed by atoms with Crippen LogP contribution in [0.25, 0.3) is 0 Å². The Morgan fingerprint density at radius 3 is 2.32 bits per heavy atom. The molecule has 2 heterocycles. The number of carboxylic acid groups (broad SMARTS) is 1. The SMILES string of the molecule is CCN1CC2N(C(=O)C3CCC(C(=O)O)CC3)CCC2(Cc2cccc(F)c2)c2ccc(C(C)(F)C(F)(F)F)cc21. The Bertz CT molecular complexity index is 1320. The number of aliphatic carboxylic acids is 1. The summed E-state index contributed by atoms with van der Waals surface area (Å²) < 4.78 is 70.2. The van der Waals surface area contributed by atoms with Gasteiger partial charge in [-0.05, 0) is 81.7 Å². The number of amides is 1. The van der Waals surface area contributed by atoms with E-state index in [1.54, 1.807) is 18.2 Å². The van der Waals surface area contributed by atoms with Gasteiger partial charge in [0.25, 0.3) is 0 Å². The van der Waals surface area contributed by atoms with Crippen LogP contribution >= 0.6 is 0 Å². The Morgan fingerprint density at radius 1 is 1.02 bits per heavy atom. The lowest BCUT2D eigenvalue weighted by Crippen LogP contribution is -2.57. The maximum absolute atomic E-state index is 15.1. The summed E-state index contributed by atoms with van der Waals surface area (Å²) in [5.74, 6) is -2.04. The van der Waals surface area contributed by atoms with Gasteiger partial charge in [-0.15, -0.1) is 0 Å². The molecule has 1 N–H and O–H groups in total. The van der Waals surface area contributed by atoms with E-state index in [1.807, 2.05) is 16.7 Å². The van der Waals surface area contributed by atoms with E-state index >= 15 is 4.39 Å². The number of benzene rings is 2. The largest absolute Gasteiger partial charge is 0.481 e. The molecule has 3 atom stereocenters. The molecule has 5 nitrogen and oxygen atoms in total. The first-order chi connectivity index (χ1) is 19.3. The number of alkyl halides is 4. The molecule has 1 saturated carbocycles. The Hall–Kier alpha value is -3.17. The van der Waals surface area contributed by atoms with Crippen LogP contribution < -0.4 is 4.90 Å². The van der Waals surface area contributed by atoms with Crippen molar-refractivity contribution < 1.29 is 36.6 Å². The highest BCUT2D eigenvalue weighted by molar-refractivity contribution is 5.81. The van der Waals surface area contributed by atoms with Crippen molar-refractivity contribution in [1.29, 1.82) is 0 Å². The van der Waals surface area contributed by atoms with E-state index in [1.165, 1.54) is 24.3 Å². The summed E-state index contributed by atoms with van der Waals surface area (Å²) in [6.07, 6.45) is -2.37. The van der Waals surface area contributed by atoms with Gasteiger partial charge in [0.2, 0.25) is 11.6 Å². The monoisotopic (exact) mass is 578 g/mol. The molecule has 222 valence electrons. The molecule has 5 rings (SSSR count). The standard InChI is InChI=1S/C31H35F5N2O3/c1-3-37-18-26-30(17-19-5-4-6-23(32)15-19,24-12-11-22(16-25(24)37)29(2,33)31(34,35)36)13-14-38(26)27(39)20-7-9-21(10-8-20)28(40)41/h4-6,11-12,15-16,20-21,26H,3,7-10,13-14,17-18H2,1-2H3,(H,40,41). The lowest BCUT2D eigenvalue weighted by molar-refractivity contribution is -0.228. The average molecular weight is 579 g/mol. The summed E-state index contributed by atoms with van der Waals surface area (Å²) >= 11 is 0. The molecular weight excluding hydrogens is 543 g/mol. The number of fused-ring (bicyclic) bond motifs is 3. The molecule has 2 aromatic carbocycles. The van der Waals surface area contributed by atoms with Gasteiger partial charge < -0.3 is 14.9 Å². The molecule has 0 bridgehead atoms. The molecular formula is C31H35F5N2O3. The van der Waals surface area contributed by atoms with E-state index in [9.17, 15) is 32.3 Å². The molecule has 41 heavy (non-hydrogen) atoms. The van der Waals surface area contributed by atoms with Crippen LogP contribution in [-0.4, -0.2) is 53.7 Å². The highest BCUT2D eigenvalue weighted by Gasteiger charge is 2.57. The Kier molecular flexibility index (Phi) is 7.57. The number of likely N-dealkylation sites (N-methyl/N-ethyl adjacent to an activating group) is 1. The molecule has 0 aromatic heterocycles. The molecule has 2 aromatic rings. The van der Waals surface area contributed by atoms with Crippen LogP contribution in [0.15, 0.2) is 42.5 Å². The van der Waals surface area contributed by atoms with E-state index in [-0.39, 0.29) is 17.9 Å². The van der Waals surface area contributed by atoms with Crippen molar-refractivity contribution in [1.82, 2.24) is 4.90 Å². The first kappa shape index (κ1) is 29.3. The lowest BCUT2D eigenvalue weighted by Gasteiger charge is -2.49. The number of anilines is 1. The van der Waals surface area contributed by atoms with Crippen LogP contribution in [-0.2, 0) is 27.1 Å². The molecule has 2 aliphatic heterocycles. The average Bonchev–Trinajstić information content (AvgIpc) is 3.30. The second kappa shape index (κ2) is 10.6. The third kappa shape index (κ3) is 5.07. The maximum Gasteiger partial charge on any atom is 0.426 e. The summed E-state index contributed by atoms with van der Waals surface area (Å²) in [5, 5.41) is 9.37. The van der Waals surface area contributed by atoms with Gasteiger partial charge in [-0.25, -0.2) is 8.78 Å². The van der Waals surface area contributed by atoms with Gasteiger partial charge in [-0.1, -0.05) is 24.3 Å². The van der Waals surface area contributed by atoms with Gasteiger partial charge in [-0.3, -0.25) is 9.59 Å². The fraction of sp³-hybridized carbons (Fsp3) is 0.548. The van der Waals surface area contributed by atoms with Crippen LogP contribution in [0.5, 0.6) is 0 Å². The highest BCUT2D eigenvalue weighted by atomic mass is 19.4. The van der Waals surface area contributed by atoms with E-state index in [0.717, 1.165) is 5.56 Å². The van der Waals surface area contributed by atoms with Gasteiger partial charge >= 0.3 is 12.1 Å². The van der Waals surface area contributed by atoms with Crippen molar-refractivity contribution in [3.63, 3.8) is 0 Å². The fourth-order valence-electron chi connectivity index (χ4n) is 7.20. The van der Waals surface area contributed by atoms with Crippen molar-refractivity contribution in [2.45, 2.75) is 75.7 Å². The third-order valence-corrected chi connectivity index (χ3v) is 9.65. The van der Waals surface area contributed by atoms with Crippen molar-refractivity contribution in [3.05, 3.63) is 65.0 Å². The highest BCUT2D eigenvalue weighted by Crippen LogP contribution is 2.52. The van der Waals surface area contributed by atoms with Crippen LogP contribution in [0.3, 0.4) is 0 Å². The summed E-state index contributed by atoms with van der Waals surface area (Å²) in [5.41, 5.74) is -2.81. The van der Waals surface area contributed by atoms with Crippen LogP contribution in [0.1, 0.15) is 62.6 Å². The smallest absolute Gasteiger partial charge is 0.426 e. The maximum atomic E-state index is 15.1. The zero-order valence-corrected chi connectivity index (χ0v) is 23.2. The van der Waals surface area contributed by atoms with Crippen molar-refractivity contribution in [2.75, 3.05) is 24.5 Å². The zero-order chi connectivity index (χ0) is 29.7. The number of rotatable bonds is 6. The summed E-state index contributed by atoms with van der Waals surface area (Å²) in [6, 6.07) is 9.89. The fourth-order valence-corrected chi connectivity index (χ4v) is 7.20. The molecule has 0 radical (unpaired) electrons. The second-order valence-corrected chi connectivity index (χ2v) is 11.9. The van der Waals surface area contributed by atoms with Gasteiger partial charge in [0.15, 0.2) is 0 Å². The first-order valence-corrected chi connectivity index (χ1v) is 14.2. The Morgan fingerprint density at radius 2 is 1.71 bits per heavy atom. The zero-order valence-electron chi connectivity index (χ0n) is 23.2. The molecule has 1 aliphatic carbocycles. The summed E-state index contributed by atoms with van der Waals surface area (Å²) in [6.45, 7) is 3.58. The van der Waals surface area contributed by atoms with Crippen LogP contribution in [0, 0.1) is 17.7 Å². The predicted molar refractivity (Wildman–Crippen MR) is 144 cm³/mol. The second-order valence-electron chi connectivity index (χ2n) is 11.9. The molecule has 2 fully saturated rings.